The third kappa shape index (κ3) is 1.65. The molecule has 0 radical (unpaired) electrons. The number of furan rings is 1. The first-order valence-corrected chi connectivity index (χ1v) is 5.92. The Hall–Kier alpha value is -0.580. The van der Waals surface area contributed by atoms with Gasteiger partial charge in [0.15, 0.2) is 11.4 Å². The zero-order chi connectivity index (χ0) is 12.0. The van der Waals surface area contributed by atoms with Crippen molar-refractivity contribution in [1.82, 2.24) is 0 Å². The first-order valence-electron chi connectivity index (χ1n) is 4.75. The Bertz CT molecular complexity index is 565. The van der Waals surface area contributed by atoms with Gasteiger partial charge in [-0.2, -0.15) is 0 Å². The Kier molecular flexibility index (Phi) is 2.99. The minimum atomic E-state index is -0.465. The Morgan fingerprint density at radius 2 is 2.19 bits per heavy atom. The molecule has 0 saturated carbocycles. The summed E-state index contributed by atoms with van der Waals surface area (Å²) < 4.78 is 20.0. The van der Waals surface area contributed by atoms with Crippen LogP contribution in [0.2, 0.25) is 5.02 Å². The molecule has 86 valence electrons. The summed E-state index contributed by atoms with van der Waals surface area (Å²) >= 11 is 9.07. The van der Waals surface area contributed by atoms with E-state index in [9.17, 15) is 4.39 Å². The van der Waals surface area contributed by atoms with Crippen molar-refractivity contribution in [3.8, 4) is 0 Å². The van der Waals surface area contributed by atoms with Crippen molar-refractivity contribution >= 4 is 38.5 Å². The maximum Gasteiger partial charge on any atom is 0.153 e. The SMILES string of the molecule is Cc1c(C(C)N)oc2c(Br)cc(Cl)c(F)c12. The highest BCUT2D eigenvalue weighted by atomic mass is 79.9. The summed E-state index contributed by atoms with van der Waals surface area (Å²) in [5.74, 6) is 0.116. The number of aryl methyl sites for hydroxylation is 1. The molecule has 5 heteroatoms. The second kappa shape index (κ2) is 4.02. The molecule has 0 fully saturated rings. The predicted molar refractivity (Wildman–Crippen MR) is 66.2 cm³/mol. The number of benzene rings is 1. The number of fused-ring (bicyclic) bond motifs is 1. The van der Waals surface area contributed by atoms with Gasteiger partial charge < -0.3 is 10.2 Å². The Morgan fingerprint density at radius 3 is 2.75 bits per heavy atom. The van der Waals surface area contributed by atoms with E-state index in [2.05, 4.69) is 15.9 Å². The highest BCUT2D eigenvalue weighted by Crippen LogP contribution is 2.38. The summed E-state index contributed by atoms with van der Waals surface area (Å²) in [7, 11) is 0. The Labute approximate surface area is 106 Å². The minimum absolute atomic E-state index is 0.0690. The van der Waals surface area contributed by atoms with Crippen LogP contribution in [0.4, 0.5) is 4.39 Å². The highest BCUT2D eigenvalue weighted by Gasteiger charge is 2.20. The van der Waals surface area contributed by atoms with Crippen LogP contribution in [0.5, 0.6) is 0 Å². The van der Waals surface area contributed by atoms with E-state index in [0.29, 0.717) is 26.8 Å². The first kappa shape index (κ1) is 11.9. The molecular weight excluding hydrogens is 296 g/mol. The average molecular weight is 307 g/mol. The zero-order valence-corrected chi connectivity index (χ0v) is 11.1. The monoisotopic (exact) mass is 305 g/mol. The molecule has 0 aliphatic heterocycles. The van der Waals surface area contributed by atoms with Crippen LogP contribution in [0.15, 0.2) is 15.0 Å². The molecule has 0 saturated heterocycles. The van der Waals surface area contributed by atoms with Gasteiger partial charge in [-0.05, 0) is 35.8 Å². The van der Waals surface area contributed by atoms with Crippen molar-refractivity contribution in [3.05, 3.63) is 32.7 Å². The molecule has 16 heavy (non-hydrogen) atoms. The predicted octanol–water partition coefficient (Wildman–Crippen LogP) is 4.32. The Morgan fingerprint density at radius 1 is 1.56 bits per heavy atom. The number of rotatable bonds is 1. The summed E-state index contributed by atoms with van der Waals surface area (Å²) in [4.78, 5) is 0. The van der Waals surface area contributed by atoms with Crippen LogP contribution < -0.4 is 5.73 Å². The van der Waals surface area contributed by atoms with Gasteiger partial charge in [-0.25, -0.2) is 4.39 Å². The molecule has 0 aliphatic carbocycles. The van der Waals surface area contributed by atoms with E-state index in [0.717, 1.165) is 0 Å². The minimum Gasteiger partial charge on any atom is -0.458 e. The van der Waals surface area contributed by atoms with E-state index in [1.807, 2.05) is 0 Å². The molecule has 0 spiro atoms. The number of nitrogens with two attached hydrogens (primary N) is 1. The quantitative estimate of drug-likeness (QED) is 0.797. The van der Waals surface area contributed by atoms with Gasteiger partial charge in [0.05, 0.1) is 20.9 Å². The van der Waals surface area contributed by atoms with Gasteiger partial charge in [-0.3, -0.25) is 0 Å². The lowest BCUT2D eigenvalue weighted by atomic mass is 10.1. The Balaban J connectivity index is 2.91. The van der Waals surface area contributed by atoms with Gasteiger partial charge in [-0.1, -0.05) is 11.6 Å². The van der Waals surface area contributed by atoms with Crippen LogP contribution in [0.1, 0.15) is 24.3 Å². The topological polar surface area (TPSA) is 39.2 Å². The summed E-state index contributed by atoms with van der Waals surface area (Å²) in [5.41, 5.74) is 6.90. The highest BCUT2D eigenvalue weighted by molar-refractivity contribution is 9.10. The van der Waals surface area contributed by atoms with E-state index in [1.165, 1.54) is 6.07 Å². The van der Waals surface area contributed by atoms with Crippen molar-refractivity contribution in [2.45, 2.75) is 19.9 Å². The molecule has 2 N–H and O–H groups in total. The molecule has 1 aromatic heterocycles. The maximum atomic E-state index is 13.9. The van der Waals surface area contributed by atoms with Crippen LogP contribution >= 0.6 is 27.5 Å². The molecule has 1 unspecified atom stereocenters. The zero-order valence-electron chi connectivity index (χ0n) is 8.77. The van der Waals surface area contributed by atoms with E-state index in [4.69, 9.17) is 21.8 Å². The van der Waals surface area contributed by atoms with E-state index < -0.39 is 5.82 Å². The van der Waals surface area contributed by atoms with E-state index >= 15 is 0 Å². The standard InChI is InChI=1S/C11H10BrClFNO/c1-4-8-9(14)7(13)3-6(12)11(8)16-10(4)5(2)15/h3,5H,15H2,1-2H3. The van der Waals surface area contributed by atoms with E-state index in [1.54, 1.807) is 13.8 Å². The van der Waals surface area contributed by atoms with Gasteiger partial charge >= 0.3 is 0 Å². The van der Waals surface area contributed by atoms with Gasteiger partial charge in [0.2, 0.25) is 0 Å². The number of hydrogen-bond acceptors (Lipinski definition) is 2. The molecule has 2 rings (SSSR count). The normalized spacial score (nSPS) is 13.4. The lowest BCUT2D eigenvalue weighted by Crippen LogP contribution is -2.04. The summed E-state index contributed by atoms with van der Waals surface area (Å²) in [6, 6.07) is 1.20. The molecular formula is C11H10BrClFNO. The second-order valence-corrected chi connectivity index (χ2v) is 5.00. The van der Waals surface area contributed by atoms with Gasteiger partial charge in [-0.15, -0.1) is 0 Å². The molecule has 2 nitrogen and oxygen atoms in total. The van der Waals surface area contributed by atoms with Crippen LogP contribution in [-0.4, -0.2) is 0 Å². The largest absolute Gasteiger partial charge is 0.458 e. The summed E-state index contributed by atoms with van der Waals surface area (Å²) in [6.07, 6.45) is 0. The third-order valence-electron chi connectivity index (χ3n) is 2.50. The average Bonchev–Trinajstić information content (AvgIpc) is 2.53. The maximum absolute atomic E-state index is 13.9. The second-order valence-electron chi connectivity index (χ2n) is 3.74. The smallest absolute Gasteiger partial charge is 0.153 e. The van der Waals surface area contributed by atoms with Crippen molar-refractivity contribution in [2.75, 3.05) is 0 Å². The van der Waals surface area contributed by atoms with Crippen LogP contribution in [0, 0.1) is 12.7 Å². The van der Waals surface area contributed by atoms with Crippen LogP contribution in [-0.2, 0) is 0 Å². The fourth-order valence-corrected chi connectivity index (χ4v) is 2.60. The van der Waals surface area contributed by atoms with E-state index in [-0.39, 0.29) is 11.1 Å². The lowest BCUT2D eigenvalue weighted by Gasteiger charge is -2.00. The molecule has 0 bridgehead atoms. The van der Waals surface area contributed by atoms with Gasteiger partial charge in [0, 0.05) is 5.56 Å². The molecule has 1 aromatic carbocycles. The van der Waals surface area contributed by atoms with Crippen molar-refractivity contribution in [2.24, 2.45) is 5.73 Å². The summed E-state index contributed by atoms with van der Waals surface area (Å²) in [5, 5.41) is 0.464. The number of halogens is 3. The summed E-state index contributed by atoms with van der Waals surface area (Å²) in [6.45, 7) is 3.56. The lowest BCUT2D eigenvalue weighted by molar-refractivity contribution is 0.508. The van der Waals surface area contributed by atoms with Crippen molar-refractivity contribution < 1.29 is 8.81 Å². The van der Waals surface area contributed by atoms with Crippen molar-refractivity contribution in [3.63, 3.8) is 0 Å². The fourth-order valence-electron chi connectivity index (χ4n) is 1.76. The number of hydrogen-bond donors (Lipinski definition) is 1. The molecule has 1 heterocycles. The fraction of sp³-hybridized carbons (Fsp3) is 0.273. The van der Waals surface area contributed by atoms with Crippen LogP contribution in [0.3, 0.4) is 0 Å². The molecule has 2 aromatic rings. The van der Waals surface area contributed by atoms with Gasteiger partial charge in [0.1, 0.15) is 5.76 Å². The van der Waals surface area contributed by atoms with Gasteiger partial charge in [0.25, 0.3) is 0 Å². The molecule has 0 amide bonds. The van der Waals surface area contributed by atoms with Crippen molar-refractivity contribution in [1.29, 1.82) is 0 Å². The molecule has 0 aliphatic rings. The first-order chi connectivity index (χ1) is 7.43. The third-order valence-corrected chi connectivity index (χ3v) is 3.36. The van der Waals surface area contributed by atoms with Crippen LogP contribution in [0.25, 0.3) is 11.0 Å². The molecule has 1 atom stereocenters.